The zero-order valence-electron chi connectivity index (χ0n) is 14.7. The van der Waals surface area contributed by atoms with Crippen molar-refractivity contribution in [3.63, 3.8) is 0 Å². The minimum atomic E-state index is -0.274. The fourth-order valence-corrected chi connectivity index (χ4v) is 4.20. The van der Waals surface area contributed by atoms with Crippen LogP contribution in [0.3, 0.4) is 0 Å². The number of benzene rings is 1. The zero-order valence-corrected chi connectivity index (χ0v) is 14.7. The van der Waals surface area contributed by atoms with Gasteiger partial charge in [-0.25, -0.2) is 0 Å². The van der Waals surface area contributed by atoms with Crippen LogP contribution in [0, 0.1) is 11.3 Å². The van der Waals surface area contributed by atoms with Crippen molar-refractivity contribution >= 4 is 23.2 Å². The molecule has 1 N–H and O–H groups in total. The highest BCUT2D eigenvalue weighted by Gasteiger charge is 2.62. The first-order valence-corrected chi connectivity index (χ1v) is 9.09. The Labute approximate surface area is 148 Å². The van der Waals surface area contributed by atoms with Crippen LogP contribution in [0.25, 0.3) is 0 Å². The number of piperidine rings is 1. The number of nitrogens with zero attached hydrogens (tertiary/aromatic N) is 2. The lowest BCUT2D eigenvalue weighted by Crippen LogP contribution is -2.42. The Kier molecular flexibility index (Phi) is 4.15. The van der Waals surface area contributed by atoms with Gasteiger partial charge in [-0.15, -0.1) is 0 Å². The number of para-hydroxylation sites is 2. The van der Waals surface area contributed by atoms with E-state index in [0.29, 0.717) is 19.0 Å². The quantitative estimate of drug-likeness (QED) is 0.908. The predicted octanol–water partition coefficient (Wildman–Crippen LogP) is 1.72. The maximum atomic E-state index is 13.0. The summed E-state index contributed by atoms with van der Waals surface area (Å²) in [4.78, 5) is 28.7. The average molecular weight is 343 g/mol. The van der Waals surface area contributed by atoms with Gasteiger partial charge in [0.2, 0.25) is 11.8 Å². The van der Waals surface area contributed by atoms with E-state index >= 15 is 0 Å². The van der Waals surface area contributed by atoms with E-state index in [9.17, 15) is 9.59 Å². The molecule has 25 heavy (non-hydrogen) atoms. The van der Waals surface area contributed by atoms with Crippen LogP contribution < -0.4 is 10.2 Å². The molecular weight excluding hydrogens is 318 g/mol. The van der Waals surface area contributed by atoms with Crippen molar-refractivity contribution < 1.29 is 14.3 Å². The summed E-state index contributed by atoms with van der Waals surface area (Å²) in [5.41, 5.74) is 1.67. The first-order chi connectivity index (χ1) is 12.1. The molecule has 2 heterocycles. The highest BCUT2D eigenvalue weighted by Crippen LogP contribution is 2.58. The van der Waals surface area contributed by atoms with Gasteiger partial charge in [0.25, 0.3) is 0 Å². The molecule has 1 aromatic rings. The molecule has 2 atom stereocenters. The maximum Gasteiger partial charge on any atom is 0.231 e. The van der Waals surface area contributed by atoms with Crippen molar-refractivity contribution in [3.8, 4) is 0 Å². The van der Waals surface area contributed by atoms with Gasteiger partial charge in [-0.2, -0.15) is 0 Å². The van der Waals surface area contributed by atoms with E-state index < -0.39 is 0 Å². The second-order valence-corrected chi connectivity index (χ2v) is 7.34. The molecule has 3 fully saturated rings. The number of ether oxygens (including phenoxy) is 1. The molecule has 1 aliphatic carbocycles. The molecule has 2 amide bonds. The fourth-order valence-electron chi connectivity index (χ4n) is 4.20. The summed E-state index contributed by atoms with van der Waals surface area (Å²) in [7, 11) is 0. The number of carbonyl (C=O) groups excluding carboxylic acids is 2. The fraction of sp³-hybridized carbons (Fsp3) is 0.579. The summed E-state index contributed by atoms with van der Waals surface area (Å²) < 4.78 is 5.43. The second-order valence-electron chi connectivity index (χ2n) is 7.34. The summed E-state index contributed by atoms with van der Waals surface area (Å²) in [6, 6.07) is 7.99. The van der Waals surface area contributed by atoms with Gasteiger partial charge in [0.15, 0.2) is 0 Å². The number of fused-ring (bicyclic) bond motifs is 1. The number of amides is 2. The summed E-state index contributed by atoms with van der Waals surface area (Å²) >= 11 is 0. The largest absolute Gasteiger partial charge is 0.378 e. The number of nitrogens with one attached hydrogen (secondary N) is 1. The lowest BCUT2D eigenvalue weighted by atomic mass is 9.94. The highest BCUT2D eigenvalue weighted by molar-refractivity contribution is 6.00. The predicted molar refractivity (Wildman–Crippen MR) is 95.5 cm³/mol. The van der Waals surface area contributed by atoms with Crippen molar-refractivity contribution in [1.82, 2.24) is 4.90 Å². The van der Waals surface area contributed by atoms with E-state index in [1.807, 2.05) is 23.1 Å². The molecule has 3 aliphatic rings. The molecule has 2 unspecified atom stereocenters. The number of carbonyl (C=O) groups is 2. The van der Waals surface area contributed by atoms with Crippen molar-refractivity contribution in [3.05, 3.63) is 24.3 Å². The second kappa shape index (κ2) is 6.33. The first kappa shape index (κ1) is 16.4. The van der Waals surface area contributed by atoms with Gasteiger partial charge in [0.05, 0.1) is 30.0 Å². The molecule has 0 radical (unpaired) electrons. The number of likely N-dealkylation sites (tertiary alicyclic amines) is 1. The summed E-state index contributed by atoms with van der Waals surface area (Å²) in [6.45, 7) is 6.12. The average Bonchev–Trinajstić information content (AvgIpc) is 3.38. The molecule has 0 spiro atoms. The number of hydrogen-bond donors (Lipinski definition) is 1. The summed E-state index contributed by atoms with van der Waals surface area (Å²) in [6.07, 6.45) is 1.66. The summed E-state index contributed by atoms with van der Waals surface area (Å²) in [5, 5.41) is 3.18. The van der Waals surface area contributed by atoms with Crippen LogP contribution in [0.1, 0.15) is 19.8 Å². The minimum Gasteiger partial charge on any atom is -0.378 e. The van der Waals surface area contributed by atoms with E-state index in [1.165, 1.54) is 0 Å². The topological polar surface area (TPSA) is 61.9 Å². The van der Waals surface area contributed by atoms with Crippen molar-refractivity contribution in [2.75, 3.05) is 49.6 Å². The standard InChI is InChI=1S/C19H25N3O3/c1-14(23)22-7-6-19(12-15(19)13-22)18(24)20-16-4-2-3-5-17(16)21-8-10-25-11-9-21/h2-5,15H,6-13H2,1H3,(H,20,24). The third kappa shape index (κ3) is 2.99. The van der Waals surface area contributed by atoms with Crippen molar-refractivity contribution in [2.24, 2.45) is 11.3 Å². The molecule has 2 saturated heterocycles. The van der Waals surface area contributed by atoms with Gasteiger partial charge in [0.1, 0.15) is 0 Å². The number of anilines is 2. The van der Waals surface area contributed by atoms with E-state index in [-0.39, 0.29) is 17.2 Å². The zero-order chi connectivity index (χ0) is 17.4. The van der Waals surface area contributed by atoms with Crippen LogP contribution in [0.4, 0.5) is 11.4 Å². The Morgan fingerprint density at radius 2 is 1.96 bits per heavy atom. The van der Waals surface area contributed by atoms with Gasteiger partial charge < -0.3 is 19.9 Å². The smallest absolute Gasteiger partial charge is 0.231 e. The van der Waals surface area contributed by atoms with Crippen LogP contribution in [0.2, 0.25) is 0 Å². The van der Waals surface area contributed by atoms with Crippen LogP contribution in [0.5, 0.6) is 0 Å². The van der Waals surface area contributed by atoms with Crippen LogP contribution in [0.15, 0.2) is 24.3 Å². The van der Waals surface area contributed by atoms with Gasteiger partial charge in [-0.1, -0.05) is 12.1 Å². The van der Waals surface area contributed by atoms with Gasteiger partial charge in [0, 0.05) is 33.1 Å². The monoisotopic (exact) mass is 343 g/mol. The number of hydrogen-bond acceptors (Lipinski definition) is 4. The summed E-state index contributed by atoms with van der Waals surface area (Å²) in [5.74, 6) is 0.528. The minimum absolute atomic E-state index is 0.110. The molecule has 1 saturated carbocycles. The molecule has 1 aromatic carbocycles. The Morgan fingerprint density at radius 3 is 2.68 bits per heavy atom. The van der Waals surface area contributed by atoms with E-state index in [1.54, 1.807) is 6.92 Å². The Hall–Kier alpha value is -2.08. The number of rotatable bonds is 3. The highest BCUT2D eigenvalue weighted by atomic mass is 16.5. The van der Waals surface area contributed by atoms with Crippen molar-refractivity contribution in [1.29, 1.82) is 0 Å². The third-order valence-corrected chi connectivity index (χ3v) is 5.90. The third-order valence-electron chi connectivity index (χ3n) is 5.90. The van der Waals surface area contributed by atoms with Crippen molar-refractivity contribution in [2.45, 2.75) is 19.8 Å². The Morgan fingerprint density at radius 1 is 1.20 bits per heavy atom. The lowest BCUT2D eigenvalue weighted by Gasteiger charge is -2.32. The van der Waals surface area contributed by atoms with Gasteiger partial charge in [-0.3, -0.25) is 9.59 Å². The number of morpholine rings is 1. The lowest BCUT2D eigenvalue weighted by molar-refractivity contribution is -0.132. The van der Waals surface area contributed by atoms with Gasteiger partial charge >= 0.3 is 0 Å². The Bertz CT molecular complexity index is 686. The molecule has 6 heteroatoms. The maximum absolute atomic E-state index is 13.0. The SMILES string of the molecule is CC(=O)N1CCC2(C(=O)Nc3ccccc3N3CCOCC3)CC2C1. The first-order valence-electron chi connectivity index (χ1n) is 9.09. The molecule has 6 nitrogen and oxygen atoms in total. The van der Waals surface area contributed by atoms with E-state index in [0.717, 1.165) is 50.5 Å². The molecule has 2 aliphatic heterocycles. The molecular formula is C19H25N3O3. The molecule has 0 aromatic heterocycles. The van der Waals surface area contributed by atoms with E-state index in [4.69, 9.17) is 4.74 Å². The van der Waals surface area contributed by atoms with Crippen LogP contribution >= 0.6 is 0 Å². The molecule has 0 bridgehead atoms. The van der Waals surface area contributed by atoms with Crippen LogP contribution in [-0.4, -0.2) is 56.1 Å². The molecule has 134 valence electrons. The normalized spacial score (nSPS) is 28.3. The van der Waals surface area contributed by atoms with Gasteiger partial charge in [-0.05, 0) is 30.9 Å². The van der Waals surface area contributed by atoms with E-state index in [2.05, 4.69) is 16.3 Å². The van der Waals surface area contributed by atoms with Crippen LogP contribution in [-0.2, 0) is 14.3 Å². The molecule has 4 rings (SSSR count). The Balaban J connectivity index is 1.47.